The summed E-state index contributed by atoms with van der Waals surface area (Å²) < 4.78 is 27.2. The van der Waals surface area contributed by atoms with Crippen molar-refractivity contribution in [1.29, 1.82) is 0 Å². The van der Waals surface area contributed by atoms with Crippen molar-refractivity contribution >= 4 is 15.9 Å². The average Bonchev–Trinajstić information content (AvgIpc) is 2.85. The average molecular weight is 449 g/mol. The molecule has 3 aromatic carbocycles. The van der Waals surface area contributed by atoms with Crippen LogP contribution in [0.5, 0.6) is 0 Å². The minimum absolute atomic E-state index is 0.0904. The highest BCUT2D eigenvalue weighted by Crippen LogP contribution is 2.25. The van der Waals surface area contributed by atoms with E-state index in [9.17, 15) is 13.2 Å². The van der Waals surface area contributed by atoms with Crippen LogP contribution in [-0.2, 0) is 21.4 Å². The van der Waals surface area contributed by atoms with Gasteiger partial charge in [0.25, 0.3) is 0 Å². The summed E-state index contributed by atoms with van der Waals surface area (Å²) in [6, 6.07) is 26.2. The van der Waals surface area contributed by atoms with E-state index in [0.717, 1.165) is 36.0 Å². The van der Waals surface area contributed by atoms with Gasteiger partial charge in [-0.25, -0.2) is 8.42 Å². The van der Waals surface area contributed by atoms with Gasteiger partial charge in [0.1, 0.15) is 0 Å². The van der Waals surface area contributed by atoms with E-state index in [0.29, 0.717) is 24.5 Å². The van der Waals surface area contributed by atoms with Crippen LogP contribution < -0.4 is 5.32 Å². The zero-order valence-electron chi connectivity index (χ0n) is 18.0. The molecule has 1 aliphatic rings. The second-order valence-electron chi connectivity index (χ2n) is 8.08. The normalized spacial score (nSPS) is 14.9. The Balaban J connectivity index is 1.46. The van der Waals surface area contributed by atoms with Gasteiger partial charge in [0.15, 0.2) is 0 Å². The molecular weight excluding hydrogens is 420 g/mol. The van der Waals surface area contributed by atoms with Crippen molar-refractivity contribution in [3.8, 4) is 0 Å². The Morgan fingerprint density at radius 2 is 1.31 bits per heavy atom. The molecule has 1 fully saturated rings. The van der Waals surface area contributed by atoms with Crippen LogP contribution in [0.15, 0.2) is 89.8 Å². The molecule has 1 N–H and O–H groups in total. The quantitative estimate of drug-likeness (QED) is 0.586. The molecule has 0 saturated carbocycles. The van der Waals surface area contributed by atoms with E-state index in [-0.39, 0.29) is 5.91 Å². The number of sulfonamides is 1. The molecule has 1 heterocycles. The van der Waals surface area contributed by atoms with Crippen LogP contribution >= 0.6 is 0 Å². The fourth-order valence-electron chi connectivity index (χ4n) is 4.11. The molecule has 4 rings (SSSR count). The summed E-state index contributed by atoms with van der Waals surface area (Å²) in [6.45, 7) is 1.50. The number of hydrogen-bond donors (Lipinski definition) is 1. The minimum atomic E-state index is -3.45. The first-order chi connectivity index (χ1) is 15.6. The molecule has 1 amide bonds. The summed E-state index contributed by atoms with van der Waals surface area (Å²) in [6.07, 6.45) is 2.90. The number of amides is 1. The van der Waals surface area contributed by atoms with Crippen molar-refractivity contribution in [2.24, 2.45) is 0 Å². The van der Waals surface area contributed by atoms with Crippen molar-refractivity contribution in [2.75, 3.05) is 13.1 Å². The molecular formula is C26H28N2O3S. The lowest BCUT2D eigenvalue weighted by atomic mass is 9.90. The van der Waals surface area contributed by atoms with Crippen LogP contribution in [0.3, 0.4) is 0 Å². The molecule has 166 valence electrons. The van der Waals surface area contributed by atoms with E-state index < -0.39 is 15.9 Å². The zero-order valence-corrected chi connectivity index (χ0v) is 18.8. The Labute approximate surface area is 190 Å². The van der Waals surface area contributed by atoms with Crippen molar-refractivity contribution in [2.45, 2.75) is 36.6 Å². The Hall–Kier alpha value is -2.96. The summed E-state index contributed by atoms with van der Waals surface area (Å²) in [4.78, 5) is 13.4. The first-order valence-corrected chi connectivity index (χ1v) is 12.5. The molecule has 0 radical (unpaired) electrons. The summed E-state index contributed by atoms with van der Waals surface area (Å²) in [5.74, 6) is -0.497. The molecule has 0 spiro atoms. The second kappa shape index (κ2) is 10.1. The smallest absolute Gasteiger partial charge is 0.243 e. The largest absolute Gasteiger partial charge is 0.351 e. The Morgan fingerprint density at radius 3 is 1.84 bits per heavy atom. The summed E-state index contributed by atoms with van der Waals surface area (Å²) in [5.41, 5.74) is 2.72. The van der Waals surface area contributed by atoms with Gasteiger partial charge in [-0.2, -0.15) is 4.31 Å². The minimum Gasteiger partial charge on any atom is -0.351 e. The van der Waals surface area contributed by atoms with Crippen molar-refractivity contribution in [1.82, 2.24) is 9.62 Å². The van der Waals surface area contributed by atoms with Crippen molar-refractivity contribution in [3.05, 3.63) is 102 Å². The maximum atomic E-state index is 13.1. The SMILES string of the molecule is O=C(NCc1ccc(S(=O)(=O)N2CCCCC2)cc1)C(c1ccccc1)c1ccccc1. The highest BCUT2D eigenvalue weighted by atomic mass is 32.2. The third-order valence-electron chi connectivity index (χ3n) is 5.87. The molecule has 1 aliphatic heterocycles. The molecule has 0 atom stereocenters. The number of hydrogen-bond acceptors (Lipinski definition) is 3. The maximum absolute atomic E-state index is 13.1. The molecule has 0 aromatic heterocycles. The third-order valence-corrected chi connectivity index (χ3v) is 7.78. The molecule has 3 aromatic rings. The Kier molecular flexibility index (Phi) is 7.02. The molecule has 1 saturated heterocycles. The van der Waals surface area contributed by atoms with Gasteiger partial charge in [-0.05, 0) is 41.7 Å². The van der Waals surface area contributed by atoms with Crippen LogP contribution in [0.1, 0.15) is 41.9 Å². The lowest BCUT2D eigenvalue weighted by molar-refractivity contribution is -0.121. The number of benzene rings is 3. The van der Waals surface area contributed by atoms with E-state index in [4.69, 9.17) is 0 Å². The molecule has 32 heavy (non-hydrogen) atoms. The van der Waals surface area contributed by atoms with Crippen LogP contribution in [0.25, 0.3) is 0 Å². The lowest BCUT2D eigenvalue weighted by Gasteiger charge is -2.25. The highest BCUT2D eigenvalue weighted by molar-refractivity contribution is 7.89. The van der Waals surface area contributed by atoms with Gasteiger partial charge in [0, 0.05) is 19.6 Å². The van der Waals surface area contributed by atoms with Gasteiger partial charge >= 0.3 is 0 Å². The predicted molar refractivity (Wildman–Crippen MR) is 126 cm³/mol. The van der Waals surface area contributed by atoms with E-state index in [1.54, 1.807) is 28.6 Å². The fourth-order valence-corrected chi connectivity index (χ4v) is 5.63. The number of rotatable bonds is 7. The monoisotopic (exact) mass is 448 g/mol. The predicted octanol–water partition coefficient (Wildman–Crippen LogP) is 4.31. The van der Waals surface area contributed by atoms with E-state index in [1.807, 2.05) is 60.7 Å². The maximum Gasteiger partial charge on any atom is 0.243 e. The molecule has 0 bridgehead atoms. The number of nitrogens with zero attached hydrogens (tertiary/aromatic N) is 1. The number of carbonyl (C=O) groups is 1. The van der Waals surface area contributed by atoms with Crippen molar-refractivity contribution < 1.29 is 13.2 Å². The van der Waals surface area contributed by atoms with Gasteiger partial charge < -0.3 is 5.32 Å². The van der Waals surface area contributed by atoms with Crippen LogP contribution in [-0.4, -0.2) is 31.7 Å². The van der Waals surface area contributed by atoms with Gasteiger partial charge in [-0.15, -0.1) is 0 Å². The molecule has 0 aliphatic carbocycles. The van der Waals surface area contributed by atoms with Crippen molar-refractivity contribution in [3.63, 3.8) is 0 Å². The van der Waals surface area contributed by atoms with Gasteiger partial charge in [-0.1, -0.05) is 79.2 Å². The molecule has 6 heteroatoms. The Morgan fingerprint density at radius 1 is 0.781 bits per heavy atom. The number of carbonyl (C=O) groups excluding carboxylic acids is 1. The van der Waals surface area contributed by atoms with Gasteiger partial charge in [-0.3, -0.25) is 4.79 Å². The zero-order chi connectivity index (χ0) is 22.4. The van der Waals surface area contributed by atoms with E-state index in [2.05, 4.69) is 5.32 Å². The van der Waals surface area contributed by atoms with E-state index in [1.165, 1.54) is 0 Å². The first kappa shape index (κ1) is 22.2. The fraction of sp³-hybridized carbons (Fsp3) is 0.269. The Bertz CT molecular complexity index is 1090. The number of piperidine rings is 1. The summed E-state index contributed by atoms with van der Waals surface area (Å²) in [7, 11) is -3.45. The molecule has 0 unspecified atom stereocenters. The van der Waals surface area contributed by atoms with E-state index >= 15 is 0 Å². The van der Waals surface area contributed by atoms with Gasteiger partial charge in [0.05, 0.1) is 10.8 Å². The van der Waals surface area contributed by atoms with Crippen LogP contribution in [0, 0.1) is 0 Å². The molecule has 5 nitrogen and oxygen atoms in total. The van der Waals surface area contributed by atoms with Crippen LogP contribution in [0.2, 0.25) is 0 Å². The third kappa shape index (κ3) is 5.09. The number of nitrogens with one attached hydrogen (secondary N) is 1. The van der Waals surface area contributed by atoms with Crippen LogP contribution in [0.4, 0.5) is 0 Å². The topological polar surface area (TPSA) is 66.5 Å². The summed E-state index contributed by atoms with van der Waals surface area (Å²) >= 11 is 0. The second-order valence-corrected chi connectivity index (χ2v) is 10.0. The highest BCUT2D eigenvalue weighted by Gasteiger charge is 2.26. The standard InChI is InChI=1S/C26H28N2O3S/c29-26(25(22-10-4-1-5-11-22)23-12-6-2-7-13-23)27-20-21-14-16-24(17-15-21)32(30,31)28-18-8-3-9-19-28/h1-2,4-7,10-17,25H,3,8-9,18-20H2,(H,27,29). The first-order valence-electron chi connectivity index (χ1n) is 11.0. The van der Waals surface area contributed by atoms with Gasteiger partial charge in [0.2, 0.25) is 15.9 Å². The lowest BCUT2D eigenvalue weighted by Crippen LogP contribution is -2.35. The summed E-state index contributed by atoms with van der Waals surface area (Å²) in [5, 5.41) is 3.02.